The second-order valence-electron chi connectivity index (χ2n) is 2.96. The van der Waals surface area contributed by atoms with E-state index in [1.54, 1.807) is 6.07 Å². The molecule has 0 aliphatic carbocycles. The number of hydrogen-bond donors (Lipinski definition) is 2. The molecule has 1 unspecified atom stereocenters. The van der Waals surface area contributed by atoms with Gasteiger partial charge >= 0.3 is 0 Å². The average molecular weight is 212 g/mol. The van der Waals surface area contributed by atoms with Crippen LogP contribution >= 0.6 is 0 Å². The van der Waals surface area contributed by atoms with E-state index in [2.05, 4.69) is 10.3 Å². The van der Waals surface area contributed by atoms with Crippen molar-refractivity contribution in [3.8, 4) is 6.07 Å². The van der Waals surface area contributed by atoms with Crippen LogP contribution in [0.1, 0.15) is 33.1 Å². The number of nitrogens with zero attached hydrogens (tertiary/aromatic N) is 3. The molecule has 0 heterocycles. The predicted octanol–water partition coefficient (Wildman–Crippen LogP) is 1.21. The third kappa shape index (κ3) is 4.86. The summed E-state index contributed by atoms with van der Waals surface area (Å²) in [6, 6.07) is 1.68. The molecule has 0 radical (unpaired) electrons. The molecule has 0 aromatic carbocycles. The molecule has 0 aliphatic heterocycles. The van der Waals surface area contributed by atoms with Gasteiger partial charge in [0.25, 0.3) is 0 Å². The van der Waals surface area contributed by atoms with Crippen LogP contribution in [-0.4, -0.2) is 22.9 Å². The highest BCUT2D eigenvalue weighted by Gasteiger charge is 2.09. The lowest BCUT2D eigenvalue weighted by molar-refractivity contribution is 0.0504. The maximum Gasteiger partial charge on any atom is 0.224 e. The van der Waals surface area contributed by atoms with Crippen LogP contribution in [0.5, 0.6) is 0 Å². The van der Waals surface area contributed by atoms with Crippen LogP contribution in [0, 0.1) is 11.3 Å². The van der Waals surface area contributed by atoms with Gasteiger partial charge < -0.3 is 15.8 Å². The first-order valence-electron chi connectivity index (χ1n) is 4.81. The van der Waals surface area contributed by atoms with E-state index in [-0.39, 0.29) is 17.7 Å². The minimum Gasteiger partial charge on any atom is -0.409 e. The SMILES string of the molecule is CCCC(CC)ON=C(C#N)C(N)=NO. The zero-order valence-corrected chi connectivity index (χ0v) is 8.97. The van der Waals surface area contributed by atoms with Crippen LogP contribution in [0.3, 0.4) is 0 Å². The third-order valence-electron chi connectivity index (χ3n) is 1.82. The first-order valence-corrected chi connectivity index (χ1v) is 4.81. The number of amidine groups is 1. The van der Waals surface area contributed by atoms with Crippen molar-refractivity contribution in [2.75, 3.05) is 0 Å². The zero-order valence-electron chi connectivity index (χ0n) is 8.97. The lowest BCUT2D eigenvalue weighted by Crippen LogP contribution is -2.23. The Kier molecular flexibility index (Phi) is 6.72. The Bertz CT molecular complexity index is 280. The highest BCUT2D eigenvalue weighted by molar-refractivity contribution is 6.46. The molecule has 0 rings (SSSR count). The van der Waals surface area contributed by atoms with Crippen molar-refractivity contribution in [1.82, 2.24) is 0 Å². The van der Waals surface area contributed by atoms with Crippen LogP contribution in [0.2, 0.25) is 0 Å². The van der Waals surface area contributed by atoms with Crippen LogP contribution in [-0.2, 0) is 4.84 Å². The number of hydrogen-bond acceptors (Lipinski definition) is 5. The molecule has 1 atom stereocenters. The summed E-state index contributed by atoms with van der Waals surface area (Å²) in [5.74, 6) is -0.344. The van der Waals surface area contributed by atoms with Crippen LogP contribution in [0.4, 0.5) is 0 Å². The minimum absolute atomic E-state index is 0.0372. The number of nitrogens with two attached hydrogens (primary N) is 1. The summed E-state index contributed by atoms with van der Waals surface area (Å²) in [5.41, 5.74) is 4.98. The van der Waals surface area contributed by atoms with E-state index in [9.17, 15) is 0 Å². The molecular weight excluding hydrogens is 196 g/mol. The minimum atomic E-state index is -0.344. The molecule has 0 saturated carbocycles. The first kappa shape index (κ1) is 13.2. The van der Waals surface area contributed by atoms with Gasteiger partial charge in [0.2, 0.25) is 11.5 Å². The molecule has 6 heteroatoms. The normalized spacial score (nSPS) is 14.5. The van der Waals surface area contributed by atoms with Gasteiger partial charge in [-0.1, -0.05) is 30.6 Å². The molecule has 6 nitrogen and oxygen atoms in total. The molecule has 0 fully saturated rings. The van der Waals surface area contributed by atoms with Gasteiger partial charge in [0.05, 0.1) is 0 Å². The summed E-state index contributed by atoms with van der Waals surface area (Å²) in [4.78, 5) is 5.10. The lowest BCUT2D eigenvalue weighted by atomic mass is 10.2. The second-order valence-corrected chi connectivity index (χ2v) is 2.96. The molecule has 84 valence electrons. The van der Waals surface area contributed by atoms with Crippen molar-refractivity contribution in [2.45, 2.75) is 39.2 Å². The summed E-state index contributed by atoms with van der Waals surface area (Å²) in [5, 5.41) is 23.2. The Morgan fingerprint density at radius 3 is 2.67 bits per heavy atom. The summed E-state index contributed by atoms with van der Waals surface area (Å²) in [7, 11) is 0. The quantitative estimate of drug-likeness (QED) is 0.299. The maximum atomic E-state index is 8.61. The standard InChI is InChI=1S/C9H16N4O2/c1-3-5-7(4-2)15-13-8(6-10)9(11)12-14/h7,14H,3-5H2,1-2H3,(H2,11,12). The highest BCUT2D eigenvalue weighted by atomic mass is 16.6. The molecule has 15 heavy (non-hydrogen) atoms. The number of oxime groups is 2. The molecule has 0 saturated heterocycles. The molecule has 0 aromatic heterocycles. The van der Waals surface area contributed by atoms with E-state index in [0.717, 1.165) is 19.3 Å². The van der Waals surface area contributed by atoms with Gasteiger partial charge in [-0.15, -0.1) is 0 Å². The Morgan fingerprint density at radius 1 is 1.60 bits per heavy atom. The lowest BCUT2D eigenvalue weighted by Gasteiger charge is -2.11. The average Bonchev–Trinajstić information content (AvgIpc) is 2.27. The number of rotatable bonds is 6. The van der Waals surface area contributed by atoms with E-state index in [0.29, 0.717) is 0 Å². The Labute approximate surface area is 89.0 Å². The van der Waals surface area contributed by atoms with E-state index in [1.807, 2.05) is 13.8 Å². The second kappa shape index (κ2) is 7.62. The van der Waals surface area contributed by atoms with Gasteiger partial charge in [0.1, 0.15) is 12.2 Å². The monoisotopic (exact) mass is 212 g/mol. The van der Waals surface area contributed by atoms with Crippen molar-refractivity contribution in [1.29, 1.82) is 5.26 Å². The number of nitriles is 1. The van der Waals surface area contributed by atoms with Crippen LogP contribution in [0.15, 0.2) is 10.3 Å². The third-order valence-corrected chi connectivity index (χ3v) is 1.82. The van der Waals surface area contributed by atoms with Gasteiger partial charge in [-0.3, -0.25) is 0 Å². The highest BCUT2D eigenvalue weighted by Crippen LogP contribution is 2.06. The van der Waals surface area contributed by atoms with Crippen molar-refractivity contribution in [3.05, 3.63) is 0 Å². The topological polar surface area (TPSA) is 104 Å². The van der Waals surface area contributed by atoms with Crippen molar-refractivity contribution in [2.24, 2.45) is 16.0 Å². The maximum absolute atomic E-state index is 8.61. The zero-order chi connectivity index (χ0) is 11.7. The van der Waals surface area contributed by atoms with Gasteiger partial charge in [0.15, 0.2) is 0 Å². The van der Waals surface area contributed by atoms with Crippen LogP contribution in [0.25, 0.3) is 0 Å². The molecule has 0 spiro atoms. The molecule has 0 aliphatic rings. The predicted molar refractivity (Wildman–Crippen MR) is 56.5 cm³/mol. The Morgan fingerprint density at radius 2 is 2.27 bits per heavy atom. The molecule has 0 bridgehead atoms. The Hall–Kier alpha value is -1.77. The summed E-state index contributed by atoms with van der Waals surface area (Å²) >= 11 is 0. The summed E-state index contributed by atoms with van der Waals surface area (Å²) < 4.78 is 0. The molecule has 3 N–H and O–H groups in total. The Balaban J connectivity index is 4.40. The fourth-order valence-electron chi connectivity index (χ4n) is 0.952. The smallest absolute Gasteiger partial charge is 0.224 e. The van der Waals surface area contributed by atoms with Crippen LogP contribution < -0.4 is 5.73 Å². The van der Waals surface area contributed by atoms with Crippen molar-refractivity contribution >= 4 is 11.5 Å². The fraction of sp³-hybridized carbons (Fsp3) is 0.667. The van der Waals surface area contributed by atoms with E-state index >= 15 is 0 Å². The first-order chi connectivity index (χ1) is 7.19. The van der Waals surface area contributed by atoms with Gasteiger partial charge in [-0.2, -0.15) is 5.26 Å². The molecular formula is C9H16N4O2. The summed E-state index contributed by atoms with van der Waals surface area (Å²) in [6.45, 7) is 4.00. The van der Waals surface area contributed by atoms with E-state index in [4.69, 9.17) is 21.0 Å². The fourth-order valence-corrected chi connectivity index (χ4v) is 0.952. The van der Waals surface area contributed by atoms with E-state index < -0.39 is 0 Å². The molecule has 0 amide bonds. The van der Waals surface area contributed by atoms with Crippen molar-refractivity contribution < 1.29 is 10.0 Å². The van der Waals surface area contributed by atoms with Gasteiger partial charge in [-0.05, 0) is 12.8 Å². The van der Waals surface area contributed by atoms with E-state index in [1.165, 1.54) is 0 Å². The van der Waals surface area contributed by atoms with Crippen molar-refractivity contribution in [3.63, 3.8) is 0 Å². The van der Waals surface area contributed by atoms with Gasteiger partial charge in [-0.25, -0.2) is 0 Å². The van der Waals surface area contributed by atoms with Gasteiger partial charge in [0, 0.05) is 0 Å². The summed E-state index contributed by atoms with van der Waals surface area (Å²) in [6.07, 6.45) is 2.59. The molecule has 0 aromatic rings. The largest absolute Gasteiger partial charge is 0.409 e.